The van der Waals surface area contributed by atoms with Gasteiger partial charge in [0.1, 0.15) is 6.10 Å². The molecule has 3 N–H and O–H groups in total. The van der Waals surface area contributed by atoms with E-state index in [4.69, 9.17) is 4.74 Å². The van der Waals surface area contributed by atoms with Gasteiger partial charge in [-0.25, -0.2) is 0 Å². The zero-order valence-corrected chi connectivity index (χ0v) is 42.1. The largest absolute Gasteiger partial charge is 0.462 e. The summed E-state index contributed by atoms with van der Waals surface area (Å²) in [5, 5.41) is 23.8. The lowest BCUT2D eigenvalue weighted by atomic mass is 10.0. The Hall–Kier alpha value is -2.70. The van der Waals surface area contributed by atoms with E-state index in [0.29, 0.717) is 19.3 Å². The van der Waals surface area contributed by atoms with Crippen LogP contribution in [0.3, 0.4) is 0 Å². The average molecular weight is 894 g/mol. The second kappa shape index (κ2) is 51.3. The number of unbranched alkanes of at least 4 members (excludes halogenated alkanes) is 24. The molecule has 0 bridgehead atoms. The SMILES string of the molecule is CCCCC/C=C\C/C=C\C/C=C\CCCCCCC(=O)OC(CCCCCC/C=C\C/C=C\C/C=C\CCCCC)CC(=O)NC(CO)C(O)CCCCCCCCCCCCC. The fourth-order valence-corrected chi connectivity index (χ4v) is 7.86. The quantitative estimate of drug-likeness (QED) is 0.0321. The molecule has 0 aromatic carbocycles. The molecule has 6 heteroatoms. The second-order valence-corrected chi connectivity index (χ2v) is 18.3. The lowest BCUT2D eigenvalue weighted by Crippen LogP contribution is -2.46. The van der Waals surface area contributed by atoms with Crippen molar-refractivity contribution in [3.05, 3.63) is 72.9 Å². The number of nitrogens with one attached hydrogen (secondary N) is 1. The van der Waals surface area contributed by atoms with Gasteiger partial charge in [0, 0.05) is 6.42 Å². The summed E-state index contributed by atoms with van der Waals surface area (Å²) in [6.45, 7) is 6.41. The third-order valence-corrected chi connectivity index (χ3v) is 12.0. The fraction of sp³-hybridized carbons (Fsp3) is 0.759. The van der Waals surface area contributed by atoms with E-state index in [1.54, 1.807) is 0 Å². The van der Waals surface area contributed by atoms with Gasteiger partial charge in [0.15, 0.2) is 0 Å². The minimum atomic E-state index is -0.800. The van der Waals surface area contributed by atoms with Crippen molar-refractivity contribution in [1.29, 1.82) is 0 Å². The molecule has 0 radical (unpaired) electrons. The highest BCUT2D eigenvalue weighted by molar-refractivity contribution is 5.77. The van der Waals surface area contributed by atoms with Gasteiger partial charge < -0.3 is 20.3 Å². The standard InChI is InChI=1S/C58H103NO5/c1-4-7-10-13-16-19-22-24-26-28-30-32-35-37-40-43-46-49-54(52-57(62)59-55(53-60)56(61)50-47-44-41-38-34-21-18-15-12-9-6-3)64-58(63)51-48-45-42-39-36-33-31-29-27-25-23-20-17-14-11-8-5-2/h16-17,19-20,24-27,30-33,54-56,60-61H,4-15,18,21-23,28-29,34-53H2,1-3H3,(H,59,62)/b19-16-,20-17-,26-24-,27-25-,32-30-,33-31-. The van der Waals surface area contributed by atoms with Crippen LogP contribution < -0.4 is 5.32 Å². The molecule has 0 aliphatic carbocycles. The van der Waals surface area contributed by atoms with Crippen LogP contribution in [0.5, 0.6) is 0 Å². The van der Waals surface area contributed by atoms with Crippen LogP contribution >= 0.6 is 0 Å². The summed E-state index contributed by atoms with van der Waals surface area (Å²) in [6, 6.07) is -0.716. The van der Waals surface area contributed by atoms with Crippen LogP contribution in [0, 0.1) is 0 Å². The highest BCUT2D eigenvalue weighted by Crippen LogP contribution is 2.17. The first-order chi connectivity index (χ1) is 31.5. The monoisotopic (exact) mass is 894 g/mol. The van der Waals surface area contributed by atoms with Crippen molar-refractivity contribution >= 4 is 11.9 Å². The number of amides is 1. The van der Waals surface area contributed by atoms with Crippen LogP contribution in [0.2, 0.25) is 0 Å². The van der Waals surface area contributed by atoms with E-state index < -0.39 is 18.2 Å². The van der Waals surface area contributed by atoms with E-state index in [1.165, 1.54) is 103 Å². The van der Waals surface area contributed by atoms with E-state index in [0.717, 1.165) is 109 Å². The van der Waals surface area contributed by atoms with E-state index in [9.17, 15) is 19.8 Å². The van der Waals surface area contributed by atoms with Crippen LogP contribution in [-0.2, 0) is 14.3 Å². The molecule has 0 spiro atoms. The third-order valence-electron chi connectivity index (χ3n) is 12.0. The molecule has 3 unspecified atom stereocenters. The first-order valence-electron chi connectivity index (χ1n) is 27.2. The molecule has 0 heterocycles. The Morgan fingerprint density at radius 2 is 0.797 bits per heavy atom. The fourth-order valence-electron chi connectivity index (χ4n) is 7.86. The van der Waals surface area contributed by atoms with E-state index in [-0.39, 0.29) is 24.9 Å². The maximum Gasteiger partial charge on any atom is 0.306 e. The van der Waals surface area contributed by atoms with Crippen molar-refractivity contribution in [3.8, 4) is 0 Å². The molecule has 370 valence electrons. The summed E-state index contributed by atoms with van der Waals surface area (Å²) in [7, 11) is 0. The predicted molar refractivity (Wildman–Crippen MR) is 278 cm³/mol. The molecule has 64 heavy (non-hydrogen) atoms. The molecular weight excluding hydrogens is 791 g/mol. The number of carbonyl (C=O) groups is 2. The average Bonchev–Trinajstić information content (AvgIpc) is 3.29. The molecule has 1 amide bonds. The Morgan fingerprint density at radius 3 is 1.23 bits per heavy atom. The number of aliphatic hydroxyl groups excluding tert-OH is 2. The highest BCUT2D eigenvalue weighted by atomic mass is 16.5. The highest BCUT2D eigenvalue weighted by Gasteiger charge is 2.24. The summed E-state index contributed by atoms with van der Waals surface area (Å²) >= 11 is 0. The number of esters is 1. The summed E-state index contributed by atoms with van der Waals surface area (Å²) in [5.41, 5.74) is 0. The van der Waals surface area contributed by atoms with Crippen molar-refractivity contribution in [1.82, 2.24) is 5.32 Å². The van der Waals surface area contributed by atoms with Crippen LogP contribution in [0.1, 0.15) is 258 Å². The van der Waals surface area contributed by atoms with Crippen molar-refractivity contribution in [2.75, 3.05) is 6.61 Å². The van der Waals surface area contributed by atoms with E-state index in [1.807, 2.05) is 0 Å². The minimum absolute atomic E-state index is 0.0512. The molecule has 0 aromatic rings. The van der Waals surface area contributed by atoms with Gasteiger partial charge in [-0.3, -0.25) is 9.59 Å². The lowest BCUT2D eigenvalue weighted by Gasteiger charge is -2.24. The number of carbonyl (C=O) groups excluding carboxylic acids is 2. The number of aliphatic hydroxyl groups is 2. The topological polar surface area (TPSA) is 95.9 Å². The molecule has 0 saturated carbocycles. The Morgan fingerprint density at radius 1 is 0.453 bits per heavy atom. The molecule has 0 aliphatic heterocycles. The Bertz CT molecular complexity index is 1190. The molecular formula is C58H103NO5. The van der Waals surface area contributed by atoms with Gasteiger partial charge in [-0.1, -0.05) is 216 Å². The van der Waals surface area contributed by atoms with E-state index in [2.05, 4.69) is 99.0 Å². The predicted octanol–water partition coefficient (Wildman–Crippen LogP) is 16.6. The minimum Gasteiger partial charge on any atom is -0.462 e. The number of hydrogen-bond acceptors (Lipinski definition) is 5. The van der Waals surface area contributed by atoms with Gasteiger partial charge in [0.25, 0.3) is 0 Å². The van der Waals surface area contributed by atoms with Crippen molar-refractivity contribution in [2.24, 2.45) is 0 Å². The third kappa shape index (κ3) is 45.9. The summed E-state index contributed by atoms with van der Waals surface area (Å²) < 4.78 is 5.93. The summed E-state index contributed by atoms with van der Waals surface area (Å²) in [5.74, 6) is -0.520. The number of allylic oxidation sites excluding steroid dienone is 12. The maximum absolute atomic E-state index is 13.2. The van der Waals surface area contributed by atoms with E-state index >= 15 is 0 Å². The number of ether oxygens (including phenoxy) is 1. The second-order valence-electron chi connectivity index (χ2n) is 18.3. The molecule has 0 rings (SSSR count). The van der Waals surface area contributed by atoms with Gasteiger partial charge in [0.2, 0.25) is 5.91 Å². The number of hydrogen-bond donors (Lipinski definition) is 3. The zero-order valence-electron chi connectivity index (χ0n) is 42.1. The summed E-state index contributed by atoms with van der Waals surface area (Å²) in [4.78, 5) is 26.2. The van der Waals surface area contributed by atoms with Crippen molar-refractivity contribution < 1.29 is 24.5 Å². The normalized spacial score (nSPS) is 13.8. The van der Waals surface area contributed by atoms with Crippen LogP contribution in [-0.4, -0.2) is 46.9 Å². The van der Waals surface area contributed by atoms with Crippen molar-refractivity contribution in [2.45, 2.75) is 277 Å². The molecule has 0 aromatic heterocycles. The molecule has 6 nitrogen and oxygen atoms in total. The summed E-state index contributed by atoms with van der Waals surface area (Å²) in [6.07, 6.45) is 65.3. The Labute approximate surface area is 396 Å². The number of rotatable bonds is 48. The van der Waals surface area contributed by atoms with Gasteiger partial charge in [0.05, 0.1) is 25.2 Å². The molecule has 0 aliphatic rings. The van der Waals surface area contributed by atoms with Crippen LogP contribution in [0.15, 0.2) is 72.9 Å². The molecule has 3 atom stereocenters. The van der Waals surface area contributed by atoms with Gasteiger partial charge in [-0.2, -0.15) is 0 Å². The molecule has 0 saturated heterocycles. The lowest BCUT2D eigenvalue weighted by molar-refractivity contribution is -0.151. The van der Waals surface area contributed by atoms with Gasteiger partial charge in [-0.15, -0.1) is 0 Å². The first kappa shape index (κ1) is 61.3. The first-order valence-corrected chi connectivity index (χ1v) is 27.2. The van der Waals surface area contributed by atoms with Gasteiger partial charge >= 0.3 is 5.97 Å². The Kier molecular flexibility index (Phi) is 49.1. The van der Waals surface area contributed by atoms with Crippen LogP contribution in [0.4, 0.5) is 0 Å². The Balaban J connectivity index is 4.68. The molecule has 0 fully saturated rings. The van der Waals surface area contributed by atoms with Crippen molar-refractivity contribution in [3.63, 3.8) is 0 Å². The van der Waals surface area contributed by atoms with Crippen LogP contribution in [0.25, 0.3) is 0 Å². The smallest absolute Gasteiger partial charge is 0.306 e. The van der Waals surface area contributed by atoms with Gasteiger partial charge in [-0.05, 0) is 103 Å². The zero-order chi connectivity index (χ0) is 46.7. The maximum atomic E-state index is 13.2.